The smallest absolute Gasteiger partial charge is 0.335 e. The maximum atomic E-state index is 12.4. The van der Waals surface area contributed by atoms with E-state index in [0.29, 0.717) is 31.4 Å². The minimum atomic E-state index is -1.72. The van der Waals surface area contributed by atoms with Crippen molar-refractivity contribution < 1.29 is 54.4 Å². The number of carboxylic acid groups (broad SMARTS) is 1. The number of aliphatic hydroxyl groups is 5. The van der Waals surface area contributed by atoms with E-state index in [4.69, 9.17) is 18.9 Å². The van der Waals surface area contributed by atoms with Crippen LogP contribution in [-0.4, -0.2) is 91.2 Å². The van der Waals surface area contributed by atoms with Crippen molar-refractivity contribution >= 4 is 5.97 Å². The third-order valence-electron chi connectivity index (χ3n) is 12.2. The molecule has 0 radical (unpaired) electrons. The Balaban J connectivity index is 1.22. The van der Waals surface area contributed by atoms with Gasteiger partial charge in [-0.25, -0.2) is 4.79 Å². The third kappa shape index (κ3) is 7.31. The zero-order valence-electron chi connectivity index (χ0n) is 30.2. The molecule has 0 aromatic heterocycles. The molecule has 8 rings (SSSR count). The van der Waals surface area contributed by atoms with Gasteiger partial charge in [0.2, 0.25) is 6.29 Å². The second-order valence-electron chi connectivity index (χ2n) is 15.8. The van der Waals surface area contributed by atoms with Gasteiger partial charge in [0.15, 0.2) is 5.60 Å². The van der Waals surface area contributed by atoms with E-state index in [9.17, 15) is 35.4 Å². The number of ether oxygens (including phenoxy) is 4. The molecule has 4 heterocycles. The fourth-order valence-electron chi connectivity index (χ4n) is 9.49. The summed E-state index contributed by atoms with van der Waals surface area (Å²) in [5.74, 6) is 1.70. The third-order valence-corrected chi connectivity index (χ3v) is 12.2. The van der Waals surface area contributed by atoms with E-state index >= 15 is 0 Å². The monoisotopic (exact) mass is 742 g/mol. The highest BCUT2D eigenvalue weighted by Crippen LogP contribution is 2.58. The Morgan fingerprint density at radius 3 is 2.52 bits per heavy atom. The molecule has 0 amide bonds. The molecule has 2 fully saturated rings. The van der Waals surface area contributed by atoms with Crippen LogP contribution in [0.4, 0.5) is 0 Å². The van der Waals surface area contributed by atoms with E-state index in [1.54, 1.807) is 30.3 Å². The van der Waals surface area contributed by atoms with Gasteiger partial charge >= 0.3 is 5.97 Å². The van der Waals surface area contributed by atoms with Gasteiger partial charge in [-0.15, -0.1) is 6.58 Å². The molecule has 12 atom stereocenters. The predicted octanol–water partition coefficient (Wildman–Crippen LogP) is 4.06. The van der Waals surface area contributed by atoms with Crippen LogP contribution in [-0.2, 0) is 27.1 Å². The number of hydrogen-bond acceptors (Lipinski definition) is 10. The van der Waals surface area contributed by atoms with Gasteiger partial charge in [0.05, 0.1) is 23.5 Å². The lowest BCUT2D eigenvalue weighted by Crippen LogP contribution is -2.70. The lowest BCUT2D eigenvalue weighted by molar-refractivity contribution is -0.334. The van der Waals surface area contributed by atoms with Gasteiger partial charge < -0.3 is 49.6 Å². The molecule has 11 heteroatoms. The molecule has 3 bridgehead atoms. The highest BCUT2D eigenvalue weighted by molar-refractivity contribution is 5.87. The van der Waals surface area contributed by atoms with E-state index in [2.05, 4.69) is 18.6 Å². The molecular weight excluding hydrogens is 692 g/mol. The van der Waals surface area contributed by atoms with Crippen LogP contribution in [0.15, 0.2) is 85.7 Å². The number of hydrogen-bond donors (Lipinski definition) is 6. The Morgan fingerprint density at radius 2 is 1.80 bits per heavy atom. The van der Waals surface area contributed by atoms with Crippen molar-refractivity contribution in [2.45, 2.75) is 106 Å². The molecule has 2 aromatic carbocycles. The average molecular weight is 743 g/mol. The van der Waals surface area contributed by atoms with Crippen molar-refractivity contribution in [3.63, 3.8) is 0 Å². The predicted molar refractivity (Wildman–Crippen MR) is 197 cm³/mol. The van der Waals surface area contributed by atoms with E-state index in [1.807, 2.05) is 42.5 Å². The molecule has 2 aromatic rings. The number of aliphatic hydroxyl groups excluding tert-OH is 4. The Kier molecular flexibility index (Phi) is 11.0. The molecule has 54 heavy (non-hydrogen) atoms. The molecule has 2 aliphatic carbocycles. The van der Waals surface area contributed by atoms with Gasteiger partial charge in [0, 0.05) is 36.7 Å². The molecule has 6 N–H and O–H groups in total. The summed E-state index contributed by atoms with van der Waals surface area (Å²) in [4.78, 5) is 11.4. The van der Waals surface area contributed by atoms with Gasteiger partial charge in [-0.05, 0) is 92.3 Å². The second kappa shape index (κ2) is 15.5. The topological polar surface area (TPSA) is 175 Å². The molecule has 6 aliphatic rings. The fraction of sp³-hybridized carbons (Fsp3) is 0.512. The zero-order valence-corrected chi connectivity index (χ0v) is 30.2. The molecule has 1 saturated carbocycles. The summed E-state index contributed by atoms with van der Waals surface area (Å²) in [7, 11) is 0. The first-order valence-corrected chi connectivity index (χ1v) is 18.9. The number of aromatic carboxylic acids is 1. The number of rotatable bonds is 10. The number of carboxylic acids is 1. The van der Waals surface area contributed by atoms with E-state index in [1.165, 1.54) is 6.26 Å². The summed E-state index contributed by atoms with van der Waals surface area (Å²) >= 11 is 0. The number of benzene rings is 2. The molecule has 12 unspecified atom stereocenters. The summed E-state index contributed by atoms with van der Waals surface area (Å²) in [6.07, 6.45) is 7.89. The van der Waals surface area contributed by atoms with Gasteiger partial charge in [0.25, 0.3) is 0 Å². The van der Waals surface area contributed by atoms with Crippen LogP contribution in [0.2, 0.25) is 0 Å². The van der Waals surface area contributed by atoms with Crippen molar-refractivity contribution in [1.29, 1.82) is 0 Å². The zero-order chi connectivity index (χ0) is 38.1. The summed E-state index contributed by atoms with van der Waals surface area (Å²) < 4.78 is 25.5. The van der Waals surface area contributed by atoms with E-state index < -0.39 is 65.3 Å². The van der Waals surface area contributed by atoms with Crippen molar-refractivity contribution in [3.05, 3.63) is 102 Å². The Labute approximate surface area is 315 Å². The summed E-state index contributed by atoms with van der Waals surface area (Å²) in [5, 5.41) is 67.3. The summed E-state index contributed by atoms with van der Waals surface area (Å²) in [5.41, 5.74) is -1.55. The van der Waals surface area contributed by atoms with E-state index in [-0.39, 0.29) is 49.7 Å². The first kappa shape index (κ1) is 38.1. The Hall–Kier alpha value is -4.15. The lowest BCUT2D eigenvalue weighted by atomic mass is 9.58. The van der Waals surface area contributed by atoms with Crippen LogP contribution in [0.3, 0.4) is 0 Å². The maximum Gasteiger partial charge on any atom is 0.335 e. The minimum Gasteiger partial charge on any atom is -0.486 e. The molecule has 288 valence electrons. The van der Waals surface area contributed by atoms with Crippen LogP contribution >= 0.6 is 0 Å². The quantitative estimate of drug-likeness (QED) is 0.153. The van der Waals surface area contributed by atoms with Crippen LogP contribution in [0.25, 0.3) is 0 Å². The molecular formula is C43H50O11. The fourth-order valence-corrected chi connectivity index (χ4v) is 9.49. The highest BCUT2D eigenvalue weighted by Gasteiger charge is 2.65. The Bertz CT molecular complexity index is 1780. The highest BCUT2D eigenvalue weighted by atomic mass is 16.7. The van der Waals surface area contributed by atoms with Crippen molar-refractivity contribution in [2.24, 2.45) is 23.2 Å². The first-order valence-electron chi connectivity index (χ1n) is 18.9. The second-order valence-corrected chi connectivity index (χ2v) is 15.8. The standard InChI is InChI=1S/C43H50O11/c1-2-5-27-10-14-32(15-11-27)53-40-43-25-33(34(45)6-4-20-51-35(7-3-19-44)37(54-40)36(46)38(43)47)41(18-21-52-43)17-16-31-23-29(24-42(31,50)26-41)22-28-8-12-30(13-9-28)39(48)49/h2,8-18,21,29,31,33-38,40,44-47,50H,1,3,5-7,19,22-26H2,(H,48,49). The van der Waals surface area contributed by atoms with Crippen LogP contribution in [0.5, 0.6) is 5.75 Å². The molecule has 1 saturated heterocycles. The van der Waals surface area contributed by atoms with Gasteiger partial charge in [0.1, 0.15) is 36.3 Å². The molecule has 11 nitrogen and oxygen atoms in total. The van der Waals surface area contributed by atoms with Crippen LogP contribution in [0, 0.1) is 35.2 Å². The molecule has 2 spiro atoms. The minimum absolute atomic E-state index is 0.0220. The van der Waals surface area contributed by atoms with Gasteiger partial charge in [-0.1, -0.05) is 48.4 Å². The van der Waals surface area contributed by atoms with Gasteiger partial charge in [-0.3, -0.25) is 0 Å². The SMILES string of the molecule is C=CCc1ccc(OC2OC3C(CCCO)OC#CCC(O)C4CC2(OC=CC42C=CC4CC(Cc5ccc(C(=O)O)cc5)CC4(O)C2)C(O)C3O)cc1. The van der Waals surface area contributed by atoms with Crippen LogP contribution in [0.1, 0.15) is 66.4 Å². The summed E-state index contributed by atoms with van der Waals surface area (Å²) in [6, 6.07) is 14.2. The maximum absolute atomic E-state index is 12.4. The van der Waals surface area contributed by atoms with E-state index in [0.717, 1.165) is 17.5 Å². The Morgan fingerprint density at radius 1 is 1.04 bits per heavy atom. The first-order chi connectivity index (χ1) is 26.0. The van der Waals surface area contributed by atoms with Crippen molar-refractivity contribution in [3.8, 4) is 17.8 Å². The van der Waals surface area contributed by atoms with Crippen molar-refractivity contribution in [2.75, 3.05) is 6.61 Å². The van der Waals surface area contributed by atoms with Crippen LogP contribution < -0.4 is 4.74 Å². The normalized spacial score (nSPS) is 38.1. The van der Waals surface area contributed by atoms with Gasteiger partial charge in [-0.2, -0.15) is 0 Å². The average Bonchev–Trinajstić information content (AvgIpc) is 3.38. The number of fused-ring (bicyclic) bond motifs is 7. The summed E-state index contributed by atoms with van der Waals surface area (Å²) in [6.45, 7) is 3.68. The largest absolute Gasteiger partial charge is 0.486 e. The number of allylic oxidation sites excluding steroid dienone is 3. The number of carbonyl (C=O) groups is 1. The molecule has 4 aliphatic heterocycles. The van der Waals surface area contributed by atoms with Crippen molar-refractivity contribution in [1.82, 2.24) is 0 Å². The lowest BCUT2D eigenvalue weighted by Gasteiger charge is -2.53.